The van der Waals surface area contributed by atoms with Crippen LogP contribution in [0.2, 0.25) is 0 Å². The summed E-state index contributed by atoms with van der Waals surface area (Å²) in [5.41, 5.74) is 3.54. The summed E-state index contributed by atoms with van der Waals surface area (Å²) >= 11 is 0. The molecular weight excluding hydrogens is 330 g/mol. The fourth-order valence-corrected chi connectivity index (χ4v) is 2.41. The smallest absolute Gasteiger partial charge is 0.411 e. The third-order valence-electron chi connectivity index (χ3n) is 3.90. The average molecular weight is 355 g/mol. The predicted octanol–water partition coefficient (Wildman–Crippen LogP) is 4.70. The van der Waals surface area contributed by atoms with E-state index in [4.69, 9.17) is 4.74 Å². The zero-order chi connectivity index (χ0) is 18.9. The number of ether oxygens (including phenoxy) is 1. The van der Waals surface area contributed by atoms with Crippen LogP contribution in [-0.2, 0) is 11.2 Å². The minimum atomic E-state index is -0.506. The number of benzene rings is 2. The van der Waals surface area contributed by atoms with Crippen molar-refractivity contribution in [2.24, 2.45) is 0 Å². The Morgan fingerprint density at radius 2 is 1.50 bits per heavy atom. The van der Waals surface area contributed by atoms with Gasteiger partial charge >= 0.3 is 12.1 Å². The van der Waals surface area contributed by atoms with Crippen LogP contribution in [-0.4, -0.2) is 18.7 Å². The number of rotatable bonds is 6. The van der Waals surface area contributed by atoms with Gasteiger partial charge in [0.05, 0.1) is 12.6 Å². The molecule has 2 aromatic carbocycles. The maximum absolute atomic E-state index is 12.2. The number of hydrogen-bond acceptors (Lipinski definition) is 3. The molecule has 0 bridgehead atoms. The molecule has 0 saturated heterocycles. The molecule has 138 valence electrons. The summed E-state index contributed by atoms with van der Waals surface area (Å²) < 4.78 is 4.81. The van der Waals surface area contributed by atoms with Crippen molar-refractivity contribution in [1.82, 2.24) is 5.32 Å². The van der Waals surface area contributed by atoms with Gasteiger partial charge in [-0.1, -0.05) is 31.2 Å². The van der Waals surface area contributed by atoms with E-state index in [1.165, 1.54) is 5.56 Å². The molecule has 0 aromatic heterocycles. The summed E-state index contributed by atoms with van der Waals surface area (Å²) in [5.74, 6) is 0. The van der Waals surface area contributed by atoms with Crippen molar-refractivity contribution in [3.05, 3.63) is 59.7 Å². The molecule has 0 aliphatic heterocycles. The van der Waals surface area contributed by atoms with E-state index in [1.807, 2.05) is 19.1 Å². The zero-order valence-corrected chi connectivity index (χ0v) is 15.3. The molecule has 26 heavy (non-hydrogen) atoms. The molecular formula is C20H25N3O3. The topological polar surface area (TPSA) is 79.5 Å². The highest BCUT2D eigenvalue weighted by atomic mass is 16.5. The largest absolute Gasteiger partial charge is 0.450 e. The first kappa shape index (κ1) is 19.3. The fourth-order valence-electron chi connectivity index (χ4n) is 2.41. The minimum absolute atomic E-state index is 0.106. The lowest BCUT2D eigenvalue weighted by Gasteiger charge is -2.15. The number of nitrogens with one attached hydrogen (secondary N) is 3. The van der Waals surface area contributed by atoms with Crippen molar-refractivity contribution in [3.8, 4) is 0 Å². The second kappa shape index (κ2) is 9.46. The van der Waals surface area contributed by atoms with E-state index in [0.717, 1.165) is 12.0 Å². The maximum Gasteiger partial charge on any atom is 0.411 e. The quantitative estimate of drug-likeness (QED) is 0.703. The summed E-state index contributed by atoms with van der Waals surface area (Å²) in [6, 6.07) is 14.6. The van der Waals surface area contributed by atoms with Crippen molar-refractivity contribution >= 4 is 23.5 Å². The Labute approximate surface area is 153 Å². The Hall–Kier alpha value is -3.02. The van der Waals surface area contributed by atoms with E-state index in [-0.39, 0.29) is 12.1 Å². The third-order valence-corrected chi connectivity index (χ3v) is 3.90. The van der Waals surface area contributed by atoms with Crippen LogP contribution in [0.15, 0.2) is 48.5 Å². The molecule has 0 aliphatic rings. The van der Waals surface area contributed by atoms with Crippen molar-refractivity contribution < 1.29 is 14.3 Å². The molecule has 6 nitrogen and oxygen atoms in total. The Bertz CT molecular complexity index is 727. The first-order chi connectivity index (χ1) is 12.5. The standard InChI is InChI=1S/C20H25N3O3/c1-4-15-6-8-16(9-7-15)14(3)21-19(24)22-17-10-12-18(13-11-17)23-20(25)26-5-2/h6-14H,4-5H2,1-3H3,(H,23,25)(H2,21,22,24). The van der Waals surface area contributed by atoms with Crippen LogP contribution in [0.3, 0.4) is 0 Å². The van der Waals surface area contributed by atoms with E-state index >= 15 is 0 Å². The molecule has 2 rings (SSSR count). The van der Waals surface area contributed by atoms with E-state index in [0.29, 0.717) is 18.0 Å². The number of aryl methyl sites for hydroxylation is 1. The molecule has 0 fully saturated rings. The zero-order valence-electron chi connectivity index (χ0n) is 15.3. The molecule has 1 unspecified atom stereocenters. The highest BCUT2D eigenvalue weighted by Crippen LogP contribution is 2.16. The number of hydrogen-bond donors (Lipinski definition) is 3. The van der Waals surface area contributed by atoms with Gasteiger partial charge in [0.2, 0.25) is 0 Å². The molecule has 2 aromatic rings. The van der Waals surface area contributed by atoms with Gasteiger partial charge in [0.25, 0.3) is 0 Å². The Morgan fingerprint density at radius 3 is 2.04 bits per heavy atom. The van der Waals surface area contributed by atoms with Crippen LogP contribution in [0.1, 0.15) is 37.9 Å². The second-order valence-corrected chi connectivity index (χ2v) is 5.84. The summed E-state index contributed by atoms with van der Waals surface area (Å²) in [4.78, 5) is 23.5. The van der Waals surface area contributed by atoms with Crippen molar-refractivity contribution in [2.45, 2.75) is 33.2 Å². The van der Waals surface area contributed by atoms with Gasteiger partial charge in [-0.25, -0.2) is 9.59 Å². The van der Waals surface area contributed by atoms with Crippen molar-refractivity contribution in [1.29, 1.82) is 0 Å². The second-order valence-electron chi connectivity index (χ2n) is 5.84. The number of anilines is 2. The van der Waals surface area contributed by atoms with E-state index in [2.05, 4.69) is 35.0 Å². The Kier molecular flexibility index (Phi) is 7.02. The lowest BCUT2D eigenvalue weighted by atomic mass is 10.1. The van der Waals surface area contributed by atoms with Crippen molar-refractivity contribution in [3.63, 3.8) is 0 Å². The number of carbonyl (C=O) groups is 2. The molecule has 0 radical (unpaired) electrons. The summed E-state index contributed by atoms with van der Waals surface area (Å²) in [5, 5.41) is 8.28. The number of amides is 3. The van der Waals surface area contributed by atoms with E-state index < -0.39 is 6.09 Å². The Morgan fingerprint density at radius 1 is 0.923 bits per heavy atom. The third kappa shape index (κ3) is 5.81. The molecule has 0 aliphatic carbocycles. The van der Waals surface area contributed by atoms with Gasteiger partial charge in [0, 0.05) is 11.4 Å². The van der Waals surface area contributed by atoms with Gasteiger partial charge in [0.1, 0.15) is 0 Å². The number of carbonyl (C=O) groups excluding carboxylic acids is 2. The SMILES string of the molecule is CCOC(=O)Nc1ccc(NC(=O)NC(C)c2ccc(CC)cc2)cc1. The molecule has 0 spiro atoms. The number of urea groups is 1. The van der Waals surface area contributed by atoms with Crippen molar-refractivity contribution in [2.75, 3.05) is 17.2 Å². The monoisotopic (exact) mass is 355 g/mol. The van der Waals surface area contributed by atoms with E-state index in [9.17, 15) is 9.59 Å². The van der Waals surface area contributed by atoms with Gasteiger partial charge in [-0.05, 0) is 55.7 Å². The van der Waals surface area contributed by atoms with Gasteiger partial charge < -0.3 is 15.4 Å². The van der Waals surface area contributed by atoms with Crippen LogP contribution >= 0.6 is 0 Å². The molecule has 3 amide bonds. The molecule has 3 N–H and O–H groups in total. The highest BCUT2D eigenvalue weighted by Gasteiger charge is 2.10. The van der Waals surface area contributed by atoms with Crippen LogP contribution in [0.4, 0.5) is 21.0 Å². The molecule has 1 atom stereocenters. The lowest BCUT2D eigenvalue weighted by molar-refractivity contribution is 0.168. The lowest BCUT2D eigenvalue weighted by Crippen LogP contribution is -2.31. The van der Waals surface area contributed by atoms with Gasteiger partial charge in [-0.3, -0.25) is 5.32 Å². The minimum Gasteiger partial charge on any atom is -0.450 e. The van der Waals surface area contributed by atoms with E-state index in [1.54, 1.807) is 31.2 Å². The summed E-state index contributed by atoms with van der Waals surface area (Å²) in [6.07, 6.45) is 0.484. The van der Waals surface area contributed by atoms with Gasteiger partial charge in [-0.2, -0.15) is 0 Å². The van der Waals surface area contributed by atoms with Gasteiger partial charge in [-0.15, -0.1) is 0 Å². The first-order valence-electron chi connectivity index (χ1n) is 8.72. The molecule has 6 heteroatoms. The summed E-state index contributed by atoms with van der Waals surface area (Å²) in [7, 11) is 0. The molecule has 0 saturated carbocycles. The predicted molar refractivity (Wildman–Crippen MR) is 103 cm³/mol. The van der Waals surface area contributed by atoms with Gasteiger partial charge in [0.15, 0.2) is 0 Å². The molecule has 0 heterocycles. The normalized spacial score (nSPS) is 11.3. The average Bonchev–Trinajstić information content (AvgIpc) is 2.63. The fraction of sp³-hybridized carbons (Fsp3) is 0.300. The Balaban J connectivity index is 1.87. The maximum atomic E-state index is 12.2. The van der Waals surface area contributed by atoms with Crippen LogP contribution in [0.25, 0.3) is 0 Å². The van der Waals surface area contributed by atoms with Crippen LogP contribution < -0.4 is 16.0 Å². The summed E-state index contributed by atoms with van der Waals surface area (Å²) in [6.45, 7) is 6.10. The first-order valence-corrected chi connectivity index (χ1v) is 8.72. The van der Waals surface area contributed by atoms with Crippen LogP contribution in [0.5, 0.6) is 0 Å². The highest BCUT2D eigenvalue weighted by molar-refractivity contribution is 5.90. The van der Waals surface area contributed by atoms with Crippen LogP contribution in [0, 0.1) is 0 Å².